The van der Waals surface area contributed by atoms with E-state index < -0.39 is 0 Å². The molecule has 1 aliphatic heterocycles. The van der Waals surface area contributed by atoms with Crippen LogP contribution in [0.25, 0.3) is 0 Å². The van der Waals surface area contributed by atoms with E-state index in [1.807, 2.05) is 4.90 Å². The number of carbonyl (C=O) groups is 2. The fourth-order valence-electron chi connectivity index (χ4n) is 3.49. The van der Waals surface area contributed by atoms with E-state index in [9.17, 15) is 9.59 Å². The summed E-state index contributed by atoms with van der Waals surface area (Å²) in [6.07, 6.45) is 4.95. The maximum Gasteiger partial charge on any atom is 0.251 e. The number of piperidine rings is 1. The van der Waals surface area contributed by atoms with Crippen molar-refractivity contribution in [3.05, 3.63) is 36.4 Å². The molecule has 2 rings (SSSR count). The SMILES string of the molecule is C=CCOc1ccc(C(=O)NC2CCN(C(=O)C(CC)CC)CC2)cc1OC. The summed E-state index contributed by atoms with van der Waals surface area (Å²) in [6.45, 7) is 9.49. The van der Waals surface area contributed by atoms with E-state index in [1.165, 1.54) is 0 Å². The molecule has 0 spiro atoms. The summed E-state index contributed by atoms with van der Waals surface area (Å²) < 4.78 is 10.8. The van der Waals surface area contributed by atoms with Gasteiger partial charge in [0.25, 0.3) is 5.91 Å². The monoisotopic (exact) mass is 388 g/mol. The second kappa shape index (κ2) is 10.7. The number of nitrogens with one attached hydrogen (secondary N) is 1. The quantitative estimate of drug-likeness (QED) is 0.658. The van der Waals surface area contributed by atoms with Crippen molar-refractivity contribution in [2.75, 3.05) is 26.8 Å². The third kappa shape index (κ3) is 5.50. The molecule has 1 heterocycles. The van der Waals surface area contributed by atoms with Crippen molar-refractivity contribution in [1.82, 2.24) is 10.2 Å². The van der Waals surface area contributed by atoms with Crippen molar-refractivity contribution in [2.24, 2.45) is 5.92 Å². The van der Waals surface area contributed by atoms with Gasteiger partial charge in [-0.05, 0) is 43.9 Å². The molecule has 1 N–H and O–H groups in total. The van der Waals surface area contributed by atoms with Crippen LogP contribution in [-0.2, 0) is 4.79 Å². The predicted octanol–water partition coefficient (Wildman–Crippen LogP) is 3.42. The van der Waals surface area contributed by atoms with Gasteiger partial charge in [-0.3, -0.25) is 9.59 Å². The van der Waals surface area contributed by atoms with Crippen molar-refractivity contribution < 1.29 is 19.1 Å². The first-order valence-corrected chi connectivity index (χ1v) is 10.0. The number of hydrogen-bond acceptors (Lipinski definition) is 4. The van der Waals surface area contributed by atoms with Gasteiger partial charge >= 0.3 is 0 Å². The first-order chi connectivity index (χ1) is 13.5. The summed E-state index contributed by atoms with van der Waals surface area (Å²) in [6, 6.07) is 5.20. The number of ether oxygens (including phenoxy) is 2. The zero-order valence-electron chi connectivity index (χ0n) is 17.2. The van der Waals surface area contributed by atoms with Gasteiger partial charge in [0.05, 0.1) is 7.11 Å². The topological polar surface area (TPSA) is 67.9 Å². The van der Waals surface area contributed by atoms with Gasteiger partial charge in [-0.25, -0.2) is 0 Å². The molecule has 0 unspecified atom stereocenters. The molecule has 0 saturated carbocycles. The van der Waals surface area contributed by atoms with Crippen LogP contribution >= 0.6 is 0 Å². The lowest BCUT2D eigenvalue weighted by Gasteiger charge is -2.34. The number of benzene rings is 1. The standard InChI is InChI=1S/C22H32N2O4/c1-5-14-28-19-9-8-17(15-20(19)27-4)21(25)23-18-10-12-24(13-11-18)22(26)16(6-2)7-3/h5,8-9,15-16,18H,1,6-7,10-14H2,2-4H3,(H,23,25). The van der Waals surface area contributed by atoms with Gasteiger partial charge in [0.1, 0.15) is 6.61 Å². The molecule has 1 aliphatic rings. The fraction of sp³-hybridized carbons (Fsp3) is 0.545. The summed E-state index contributed by atoms with van der Waals surface area (Å²) >= 11 is 0. The number of likely N-dealkylation sites (tertiary alicyclic amines) is 1. The van der Waals surface area contributed by atoms with E-state index in [-0.39, 0.29) is 23.8 Å². The molecule has 0 atom stereocenters. The zero-order valence-corrected chi connectivity index (χ0v) is 17.2. The Kier molecular flexibility index (Phi) is 8.36. The van der Waals surface area contributed by atoms with Crippen LogP contribution in [0, 0.1) is 5.92 Å². The summed E-state index contributed by atoms with van der Waals surface area (Å²) in [5.41, 5.74) is 0.526. The molecule has 1 fully saturated rings. The second-order valence-electron chi connectivity index (χ2n) is 7.05. The third-order valence-electron chi connectivity index (χ3n) is 5.26. The number of nitrogens with zero attached hydrogens (tertiary/aromatic N) is 1. The second-order valence-corrected chi connectivity index (χ2v) is 7.05. The van der Waals surface area contributed by atoms with Gasteiger partial charge in [0, 0.05) is 30.6 Å². The largest absolute Gasteiger partial charge is 0.493 e. The van der Waals surface area contributed by atoms with Gasteiger partial charge in [0.2, 0.25) is 5.91 Å². The van der Waals surface area contributed by atoms with Gasteiger partial charge in [-0.15, -0.1) is 0 Å². The first kappa shape index (κ1) is 21.8. The van der Waals surface area contributed by atoms with Gasteiger partial charge < -0.3 is 19.7 Å². The van der Waals surface area contributed by atoms with Crippen LogP contribution in [0.15, 0.2) is 30.9 Å². The molecular weight excluding hydrogens is 356 g/mol. The van der Waals surface area contributed by atoms with Crippen LogP contribution in [0.2, 0.25) is 0 Å². The van der Waals surface area contributed by atoms with Crippen LogP contribution in [0.4, 0.5) is 0 Å². The highest BCUT2D eigenvalue weighted by Gasteiger charge is 2.27. The number of rotatable bonds is 9. The Morgan fingerprint density at radius 2 is 1.93 bits per heavy atom. The Bertz CT molecular complexity index is 677. The molecule has 1 aromatic carbocycles. The lowest BCUT2D eigenvalue weighted by Crippen LogP contribution is -2.48. The molecule has 0 aromatic heterocycles. The van der Waals surface area contributed by atoms with E-state index in [0.29, 0.717) is 36.8 Å². The van der Waals surface area contributed by atoms with Crippen molar-refractivity contribution in [3.8, 4) is 11.5 Å². The van der Waals surface area contributed by atoms with Crippen molar-refractivity contribution in [2.45, 2.75) is 45.6 Å². The Morgan fingerprint density at radius 3 is 2.50 bits per heavy atom. The fourth-order valence-corrected chi connectivity index (χ4v) is 3.49. The smallest absolute Gasteiger partial charge is 0.251 e. The maximum atomic E-state index is 12.6. The van der Waals surface area contributed by atoms with Crippen molar-refractivity contribution in [1.29, 1.82) is 0 Å². The van der Waals surface area contributed by atoms with Gasteiger partial charge in [0.15, 0.2) is 11.5 Å². The number of methoxy groups -OCH3 is 1. The normalized spacial score (nSPS) is 14.6. The lowest BCUT2D eigenvalue weighted by molar-refractivity contribution is -0.136. The van der Waals surface area contributed by atoms with E-state index >= 15 is 0 Å². The van der Waals surface area contributed by atoms with Crippen LogP contribution in [0.3, 0.4) is 0 Å². The molecule has 154 valence electrons. The molecule has 1 aromatic rings. The first-order valence-electron chi connectivity index (χ1n) is 10.0. The van der Waals surface area contributed by atoms with Crippen LogP contribution in [0.1, 0.15) is 49.9 Å². The minimum atomic E-state index is -0.140. The molecule has 1 saturated heterocycles. The highest BCUT2D eigenvalue weighted by atomic mass is 16.5. The molecule has 0 bridgehead atoms. The summed E-state index contributed by atoms with van der Waals surface area (Å²) in [5.74, 6) is 1.31. The molecular formula is C22H32N2O4. The van der Waals surface area contributed by atoms with Crippen LogP contribution < -0.4 is 14.8 Å². The van der Waals surface area contributed by atoms with E-state index in [1.54, 1.807) is 31.4 Å². The Balaban J connectivity index is 1.92. The molecule has 0 radical (unpaired) electrons. The number of hydrogen-bond donors (Lipinski definition) is 1. The van der Waals surface area contributed by atoms with Crippen LogP contribution in [-0.4, -0.2) is 49.6 Å². The van der Waals surface area contributed by atoms with Crippen molar-refractivity contribution >= 4 is 11.8 Å². The number of amides is 2. The average Bonchev–Trinajstić information content (AvgIpc) is 2.73. The van der Waals surface area contributed by atoms with E-state index in [4.69, 9.17) is 9.47 Å². The lowest BCUT2D eigenvalue weighted by atomic mass is 9.98. The summed E-state index contributed by atoms with van der Waals surface area (Å²) in [7, 11) is 1.55. The van der Waals surface area contributed by atoms with Gasteiger partial charge in [-0.2, -0.15) is 0 Å². The summed E-state index contributed by atoms with van der Waals surface area (Å²) in [5, 5.41) is 3.08. The minimum Gasteiger partial charge on any atom is -0.493 e. The summed E-state index contributed by atoms with van der Waals surface area (Å²) in [4.78, 5) is 27.1. The molecule has 28 heavy (non-hydrogen) atoms. The maximum absolute atomic E-state index is 12.6. The third-order valence-corrected chi connectivity index (χ3v) is 5.26. The number of carbonyl (C=O) groups excluding carboxylic acids is 2. The minimum absolute atomic E-state index is 0.0703. The van der Waals surface area contributed by atoms with Crippen LogP contribution in [0.5, 0.6) is 11.5 Å². The Labute approximate surface area is 167 Å². The molecule has 6 nitrogen and oxygen atoms in total. The Hall–Kier alpha value is -2.50. The highest BCUT2D eigenvalue weighted by molar-refractivity contribution is 5.95. The Morgan fingerprint density at radius 1 is 1.25 bits per heavy atom. The molecule has 0 aliphatic carbocycles. The average molecular weight is 389 g/mol. The predicted molar refractivity (Wildman–Crippen MR) is 110 cm³/mol. The van der Waals surface area contributed by atoms with E-state index in [2.05, 4.69) is 25.7 Å². The highest BCUT2D eigenvalue weighted by Crippen LogP contribution is 2.28. The van der Waals surface area contributed by atoms with Gasteiger partial charge in [-0.1, -0.05) is 26.5 Å². The molecule has 2 amide bonds. The molecule has 6 heteroatoms. The van der Waals surface area contributed by atoms with Crippen molar-refractivity contribution in [3.63, 3.8) is 0 Å². The zero-order chi connectivity index (χ0) is 20.5. The van der Waals surface area contributed by atoms with E-state index in [0.717, 1.165) is 25.7 Å².